The summed E-state index contributed by atoms with van der Waals surface area (Å²) in [4.78, 5) is 4.13. The van der Waals surface area contributed by atoms with E-state index >= 15 is 0 Å². The second kappa shape index (κ2) is 6.12. The maximum absolute atomic E-state index is 9.72. The van der Waals surface area contributed by atoms with Crippen LogP contribution in [0.25, 0.3) is 0 Å². The van der Waals surface area contributed by atoms with E-state index in [1.54, 1.807) is 12.1 Å². The Bertz CT molecular complexity index is 593. The van der Waals surface area contributed by atoms with Gasteiger partial charge in [-0.2, -0.15) is 0 Å². The molecule has 0 spiro atoms. The maximum Gasteiger partial charge on any atom is 0.172 e. The van der Waals surface area contributed by atoms with Crippen LogP contribution in [0.1, 0.15) is 5.56 Å². The van der Waals surface area contributed by atoms with Crippen LogP contribution in [-0.4, -0.2) is 17.2 Å². The van der Waals surface area contributed by atoms with Gasteiger partial charge < -0.3 is 15.2 Å². The minimum absolute atomic E-state index is 0.0899. The van der Waals surface area contributed by atoms with Gasteiger partial charge in [-0.05, 0) is 45.8 Å². The van der Waals surface area contributed by atoms with Gasteiger partial charge in [0.1, 0.15) is 11.0 Å². The summed E-state index contributed by atoms with van der Waals surface area (Å²) in [6, 6.07) is 8.95. The van der Waals surface area contributed by atoms with E-state index in [9.17, 15) is 5.11 Å². The summed E-state index contributed by atoms with van der Waals surface area (Å²) in [6.07, 6.45) is 0. The first-order valence-electron chi connectivity index (χ1n) is 5.52. The smallest absolute Gasteiger partial charge is 0.172 e. The number of phenols is 1. The third kappa shape index (κ3) is 3.52. The zero-order chi connectivity index (χ0) is 13.8. The fourth-order valence-corrected chi connectivity index (χ4v) is 2.24. The highest BCUT2D eigenvalue weighted by Crippen LogP contribution is 2.35. The Morgan fingerprint density at radius 2 is 2.21 bits per heavy atom. The lowest BCUT2D eigenvalue weighted by Gasteiger charge is -2.10. The van der Waals surface area contributed by atoms with E-state index in [1.807, 2.05) is 18.2 Å². The van der Waals surface area contributed by atoms with Gasteiger partial charge in [0.15, 0.2) is 11.5 Å². The molecule has 0 saturated carbocycles. The van der Waals surface area contributed by atoms with Crippen LogP contribution in [0.3, 0.4) is 0 Å². The minimum Gasteiger partial charge on any atom is -0.503 e. The molecule has 0 aliphatic carbocycles. The summed E-state index contributed by atoms with van der Waals surface area (Å²) in [5.74, 6) is 1.20. The van der Waals surface area contributed by atoms with Crippen molar-refractivity contribution in [2.24, 2.45) is 0 Å². The molecule has 2 aromatic rings. The zero-order valence-electron chi connectivity index (χ0n) is 10.2. The number of benzene rings is 1. The van der Waals surface area contributed by atoms with Crippen LogP contribution in [0.2, 0.25) is 5.15 Å². The van der Waals surface area contributed by atoms with Crippen LogP contribution in [-0.2, 0) is 6.54 Å². The van der Waals surface area contributed by atoms with Crippen molar-refractivity contribution in [3.8, 4) is 11.5 Å². The summed E-state index contributed by atoms with van der Waals surface area (Å²) in [5.41, 5.74) is 0.948. The molecule has 2 N–H and O–H groups in total. The second-order valence-electron chi connectivity index (χ2n) is 3.83. The zero-order valence-corrected chi connectivity index (χ0v) is 12.5. The summed E-state index contributed by atoms with van der Waals surface area (Å²) in [6.45, 7) is 0.544. The lowest BCUT2D eigenvalue weighted by molar-refractivity contribution is 0.371. The molecular weight excluding hydrogens is 332 g/mol. The number of hydrogen-bond donors (Lipinski definition) is 2. The molecule has 100 valence electrons. The maximum atomic E-state index is 9.72. The first kappa shape index (κ1) is 14.0. The number of aromatic nitrogens is 1. The summed E-state index contributed by atoms with van der Waals surface area (Å²) in [7, 11) is 1.51. The molecule has 0 fully saturated rings. The van der Waals surface area contributed by atoms with Crippen molar-refractivity contribution in [3.05, 3.63) is 45.5 Å². The molecule has 0 aliphatic rings. The fourth-order valence-electron chi connectivity index (χ4n) is 1.58. The minimum atomic E-state index is 0.0899. The van der Waals surface area contributed by atoms with Gasteiger partial charge >= 0.3 is 0 Å². The van der Waals surface area contributed by atoms with Crippen molar-refractivity contribution in [1.82, 2.24) is 4.98 Å². The van der Waals surface area contributed by atoms with Gasteiger partial charge in [0, 0.05) is 6.54 Å². The van der Waals surface area contributed by atoms with E-state index in [2.05, 4.69) is 26.2 Å². The van der Waals surface area contributed by atoms with E-state index in [0.29, 0.717) is 27.7 Å². The Balaban J connectivity index is 2.13. The molecule has 0 unspecified atom stereocenters. The molecule has 1 aromatic heterocycles. The average Bonchev–Trinajstić information content (AvgIpc) is 2.40. The van der Waals surface area contributed by atoms with Crippen LogP contribution < -0.4 is 10.1 Å². The SMILES string of the molecule is COc1cc(CNc2cccc(Cl)n2)cc(Br)c1O. The summed E-state index contributed by atoms with van der Waals surface area (Å²) < 4.78 is 5.68. The third-order valence-corrected chi connectivity index (χ3v) is 3.31. The highest BCUT2D eigenvalue weighted by Gasteiger charge is 2.08. The highest BCUT2D eigenvalue weighted by atomic mass is 79.9. The molecule has 0 radical (unpaired) electrons. The van der Waals surface area contributed by atoms with Crippen molar-refractivity contribution >= 4 is 33.3 Å². The van der Waals surface area contributed by atoms with Crippen LogP contribution in [0, 0.1) is 0 Å². The Labute approximate surface area is 124 Å². The van der Waals surface area contributed by atoms with Crippen molar-refractivity contribution in [3.63, 3.8) is 0 Å². The highest BCUT2D eigenvalue weighted by molar-refractivity contribution is 9.10. The van der Waals surface area contributed by atoms with Gasteiger partial charge in [-0.3, -0.25) is 0 Å². The standard InChI is InChI=1S/C13H12BrClN2O2/c1-19-10-6-8(5-9(14)13(10)18)7-16-12-4-2-3-11(15)17-12/h2-6,18H,7H2,1H3,(H,16,17). The van der Waals surface area contributed by atoms with E-state index in [0.717, 1.165) is 5.56 Å². The Hall–Kier alpha value is -1.46. The van der Waals surface area contributed by atoms with Gasteiger partial charge in [-0.15, -0.1) is 0 Å². The van der Waals surface area contributed by atoms with E-state index in [4.69, 9.17) is 16.3 Å². The predicted octanol–water partition coefficient (Wildman–Crippen LogP) is 3.82. The van der Waals surface area contributed by atoms with Crippen molar-refractivity contribution in [2.75, 3.05) is 12.4 Å². The molecular formula is C13H12BrClN2O2. The van der Waals surface area contributed by atoms with E-state index in [1.165, 1.54) is 7.11 Å². The Morgan fingerprint density at radius 3 is 2.89 bits per heavy atom. The molecule has 6 heteroatoms. The lowest BCUT2D eigenvalue weighted by Crippen LogP contribution is -2.01. The van der Waals surface area contributed by atoms with Gasteiger partial charge in [-0.25, -0.2) is 4.98 Å². The first-order valence-corrected chi connectivity index (χ1v) is 6.69. The topological polar surface area (TPSA) is 54.4 Å². The van der Waals surface area contributed by atoms with Crippen molar-refractivity contribution in [1.29, 1.82) is 0 Å². The average molecular weight is 344 g/mol. The molecule has 2 rings (SSSR count). The fraction of sp³-hybridized carbons (Fsp3) is 0.154. The molecule has 19 heavy (non-hydrogen) atoms. The molecule has 4 nitrogen and oxygen atoms in total. The molecule has 0 atom stereocenters. The van der Waals surface area contributed by atoms with E-state index < -0.39 is 0 Å². The monoisotopic (exact) mass is 342 g/mol. The van der Waals surface area contributed by atoms with Crippen LogP contribution in [0.5, 0.6) is 11.5 Å². The third-order valence-electron chi connectivity index (χ3n) is 2.50. The number of anilines is 1. The first-order chi connectivity index (χ1) is 9.10. The van der Waals surface area contributed by atoms with Gasteiger partial charge in [0.25, 0.3) is 0 Å². The molecule has 1 heterocycles. The van der Waals surface area contributed by atoms with Crippen molar-refractivity contribution in [2.45, 2.75) is 6.54 Å². The Morgan fingerprint density at radius 1 is 1.42 bits per heavy atom. The summed E-state index contributed by atoms with van der Waals surface area (Å²) in [5, 5.41) is 13.3. The lowest BCUT2D eigenvalue weighted by atomic mass is 10.2. The number of ether oxygens (including phenoxy) is 1. The van der Waals surface area contributed by atoms with E-state index in [-0.39, 0.29) is 5.75 Å². The number of aromatic hydroxyl groups is 1. The van der Waals surface area contributed by atoms with Crippen molar-refractivity contribution < 1.29 is 9.84 Å². The second-order valence-corrected chi connectivity index (χ2v) is 5.07. The molecule has 0 bridgehead atoms. The number of halogens is 2. The quantitative estimate of drug-likeness (QED) is 0.829. The predicted molar refractivity (Wildman–Crippen MR) is 78.9 cm³/mol. The Kier molecular flexibility index (Phi) is 4.50. The number of methoxy groups -OCH3 is 1. The van der Waals surface area contributed by atoms with Crippen LogP contribution >= 0.6 is 27.5 Å². The van der Waals surface area contributed by atoms with Crippen LogP contribution in [0.4, 0.5) is 5.82 Å². The number of rotatable bonds is 4. The van der Waals surface area contributed by atoms with Gasteiger partial charge in [0.05, 0.1) is 11.6 Å². The molecule has 0 amide bonds. The number of nitrogens with one attached hydrogen (secondary N) is 1. The normalized spacial score (nSPS) is 10.3. The molecule has 0 aliphatic heterocycles. The molecule has 1 aromatic carbocycles. The van der Waals surface area contributed by atoms with Crippen LogP contribution in [0.15, 0.2) is 34.8 Å². The molecule has 0 saturated heterocycles. The number of pyridine rings is 1. The number of hydrogen-bond acceptors (Lipinski definition) is 4. The van der Waals surface area contributed by atoms with Gasteiger partial charge in [0.2, 0.25) is 0 Å². The van der Waals surface area contributed by atoms with Gasteiger partial charge in [-0.1, -0.05) is 17.7 Å². The number of phenolic OH excluding ortho intramolecular Hbond substituents is 1. The largest absolute Gasteiger partial charge is 0.503 e. The number of nitrogens with zero attached hydrogens (tertiary/aromatic N) is 1. The summed E-state index contributed by atoms with van der Waals surface area (Å²) >= 11 is 9.09.